The normalized spacial score (nSPS) is 12.8. The zero-order chi connectivity index (χ0) is 45.8. The molecule has 0 saturated heterocycles. The lowest BCUT2D eigenvalue weighted by Crippen LogP contribution is -2.45. The van der Waals surface area contributed by atoms with Crippen LogP contribution in [0.3, 0.4) is 0 Å². The summed E-state index contributed by atoms with van der Waals surface area (Å²) in [4.78, 5) is 24.5. The van der Waals surface area contributed by atoms with Crippen molar-refractivity contribution in [2.75, 3.05) is 13.2 Å². The van der Waals surface area contributed by atoms with Crippen LogP contribution in [0, 0.1) is 0 Å². The fourth-order valence-electron chi connectivity index (χ4n) is 8.63. The van der Waals surface area contributed by atoms with Gasteiger partial charge in [-0.25, -0.2) is 0 Å². The molecule has 1 amide bonds. The Morgan fingerprint density at radius 3 is 1.13 bits per heavy atom. The van der Waals surface area contributed by atoms with Crippen molar-refractivity contribution in [3.05, 3.63) is 24.3 Å². The Bertz CT molecular complexity index is 982. The summed E-state index contributed by atoms with van der Waals surface area (Å²) in [5.74, 6) is -0.0735. The Morgan fingerprint density at radius 1 is 0.429 bits per heavy atom. The highest BCUT2D eigenvalue weighted by molar-refractivity contribution is 5.76. The minimum absolute atomic E-state index is 0.00149. The number of carbonyl (C=O) groups is 2. The van der Waals surface area contributed by atoms with Gasteiger partial charge in [0.2, 0.25) is 5.91 Å². The molecule has 63 heavy (non-hydrogen) atoms. The number of aliphatic hydroxyl groups is 2. The van der Waals surface area contributed by atoms with E-state index in [0.717, 1.165) is 44.9 Å². The average molecular weight is 889 g/mol. The third kappa shape index (κ3) is 49.6. The topological polar surface area (TPSA) is 95.9 Å². The molecule has 3 N–H and O–H groups in total. The molecule has 6 nitrogen and oxygen atoms in total. The Morgan fingerprint density at radius 2 is 0.746 bits per heavy atom. The lowest BCUT2D eigenvalue weighted by atomic mass is 10.0. The van der Waals surface area contributed by atoms with Crippen molar-refractivity contribution in [3.63, 3.8) is 0 Å². The van der Waals surface area contributed by atoms with E-state index in [1.165, 1.54) is 231 Å². The third-order valence-electron chi connectivity index (χ3n) is 13.0. The van der Waals surface area contributed by atoms with Crippen LogP contribution >= 0.6 is 0 Å². The van der Waals surface area contributed by atoms with Crippen LogP contribution in [-0.2, 0) is 14.3 Å². The van der Waals surface area contributed by atoms with Gasteiger partial charge >= 0.3 is 5.97 Å². The van der Waals surface area contributed by atoms with Crippen LogP contribution in [0.25, 0.3) is 0 Å². The van der Waals surface area contributed by atoms with Crippen LogP contribution in [0.5, 0.6) is 0 Å². The van der Waals surface area contributed by atoms with E-state index >= 15 is 0 Å². The van der Waals surface area contributed by atoms with E-state index in [0.29, 0.717) is 19.4 Å². The molecule has 0 aromatic carbocycles. The van der Waals surface area contributed by atoms with Crippen LogP contribution < -0.4 is 5.32 Å². The SMILES string of the molecule is CCCCCCCC/C=C\CCCCCCCC(=O)OCCCCCCCCCCCCCCCCCCCCC(=O)NC(CO)C(O)/C=C/CCCCCCCCCCCCC. The summed E-state index contributed by atoms with van der Waals surface area (Å²) in [5, 5.41) is 23.0. The van der Waals surface area contributed by atoms with Crippen LogP contribution in [0.4, 0.5) is 0 Å². The van der Waals surface area contributed by atoms with E-state index in [9.17, 15) is 19.8 Å². The van der Waals surface area contributed by atoms with Crippen molar-refractivity contribution in [2.24, 2.45) is 0 Å². The Kier molecular flexibility index (Phi) is 51.6. The summed E-state index contributed by atoms with van der Waals surface area (Å²) < 4.78 is 5.47. The van der Waals surface area contributed by atoms with Crippen molar-refractivity contribution < 1.29 is 24.5 Å². The number of rotatable bonds is 52. The van der Waals surface area contributed by atoms with Gasteiger partial charge in [-0.1, -0.05) is 256 Å². The molecular formula is C57H109NO5. The fraction of sp³-hybridized carbons (Fsp3) is 0.895. The summed E-state index contributed by atoms with van der Waals surface area (Å²) in [6.07, 6.45) is 63.3. The first-order valence-corrected chi connectivity index (χ1v) is 28.1. The third-order valence-corrected chi connectivity index (χ3v) is 13.0. The van der Waals surface area contributed by atoms with Gasteiger partial charge in [-0.2, -0.15) is 0 Å². The predicted octanol–water partition coefficient (Wildman–Crippen LogP) is 17.1. The summed E-state index contributed by atoms with van der Waals surface area (Å²) in [6, 6.07) is -0.630. The average Bonchev–Trinajstić information content (AvgIpc) is 3.28. The number of carbonyl (C=O) groups excluding carboxylic acids is 2. The quantitative estimate of drug-likeness (QED) is 0.0321. The summed E-state index contributed by atoms with van der Waals surface area (Å²) in [6.45, 7) is 4.89. The lowest BCUT2D eigenvalue weighted by molar-refractivity contribution is -0.143. The molecule has 6 heteroatoms. The molecule has 2 unspecified atom stereocenters. The largest absolute Gasteiger partial charge is 0.466 e. The van der Waals surface area contributed by atoms with Gasteiger partial charge in [0, 0.05) is 12.8 Å². The zero-order valence-corrected chi connectivity index (χ0v) is 42.3. The van der Waals surface area contributed by atoms with Crippen molar-refractivity contribution >= 4 is 11.9 Å². The molecule has 0 heterocycles. The first-order valence-electron chi connectivity index (χ1n) is 28.1. The van der Waals surface area contributed by atoms with E-state index in [1.807, 2.05) is 6.08 Å². The Hall–Kier alpha value is -1.66. The molecule has 0 bridgehead atoms. The molecule has 0 radical (unpaired) electrons. The highest BCUT2D eigenvalue weighted by atomic mass is 16.5. The highest BCUT2D eigenvalue weighted by Crippen LogP contribution is 2.16. The standard InChI is InChI=1S/C57H109NO5/c1-3-5-7-9-11-13-15-17-22-27-31-35-39-43-47-51-57(62)63-52-48-44-40-36-32-28-24-21-19-18-20-23-26-30-34-38-42-46-50-56(61)58-54(53-59)55(60)49-45-41-37-33-29-25-16-14-12-10-8-6-4-2/h17,22,45,49,54-55,59-60H,3-16,18-21,23-44,46-48,50-53H2,1-2H3,(H,58,61)/b22-17-,49-45+. The second-order valence-electron chi connectivity index (χ2n) is 19.3. The molecule has 372 valence electrons. The molecule has 0 spiro atoms. The molecule has 0 aromatic heterocycles. The van der Waals surface area contributed by atoms with Gasteiger partial charge in [0.1, 0.15) is 0 Å². The summed E-state index contributed by atoms with van der Waals surface area (Å²) >= 11 is 0. The zero-order valence-electron chi connectivity index (χ0n) is 42.3. The van der Waals surface area contributed by atoms with Gasteiger partial charge in [-0.05, 0) is 57.8 Å². The molecular weight excluding hydrogens is 779 g/mol. The molecule has 0 aliphatic rings. The first-order chi connectivity index (χ1) is 31.0. The minimum Gasteiger partial charge on any atom is -0.466 e. The number of hydrogen-bond acceptors (Lipinski definition) is 5. The molecule has 0 rings (SSSR count). The highest BCUT2D eigenvalue weighted by Gasteiger charge is 2.18. The minimum atomic E-state index is -0.846. The maximum atomic E-state index is 12.4. The van der Waals surface area contributed by atoms with E-state index in [4.69, 9.17) is 4.74 Å². The lowest BCUT2D eigenvalue weighted by Gasteiger charge is -2.20. The second kappa shape index (κ2) is 53.0. The van der Waals surface area contributed by atoms with Crippen LogP contribution in [0.1, 0.15) is 303 Å². The Labute approximate surface area is 392 Å². The smallest absolute Gasteiger partial charge is 0.305 e. The molecule has 0 aliphatic heterocycles. The van der Waals surface area contributed by atoms with Crippen molar-refractivity contribution in [1.29, 1.82) is 0 Å². The van der Waals surface area contributed by atoms with Crippen molar-refractivity contribution in [1.82, 2.24) is 5.32 Å². The van der Waals surface area contributed by atoms with Gasteiger partial charge in [-0.3, -0.25) is 9.59 Å². The number of hydrogen-bond donors (Lipinski definition) is 3. The molecule has 0 saturated carbocycles. The van der Waals surface area contributed by atoms with Crippen molar-refractivity contribution in [2.45, 2.75) is 315 Å². The number of amides is 1. The monoisotopic (exact) mass is 888 g/mol. The van der Waals surface area contributed by atoms with Crippen LogP contribution in [0.15, 0.2) is 24.3 Å². The van der Waals surface area contributed by atoms with Gasteiger partial charge < -0.3 is 20.3 Å². The van der Waals surface area contributed by atoms with Crippen molar-refractivity contribution in [3.8, 4) is 0 Å². The molecule has 0 aromatic rings. The number of ether oxygens (including phenoxy) is 1. The van der Waals surface area contributed by atoms with E-state index in [1.54, 1.807) is 6.08 Å². The predicted molar refractivity (Wildman–Crippen MR) is 273 cm³/mol. The van der Waals surface area contributed by atoms with E-state index < -0.39 is 12.1 Å². The molecule has 0 aliphatic carbocycles. The molecule has 2 atom stereocenters. The first kappa shape index (κ1) is 61.3. The maximum Gasteiger partial charge on any atom is 0.305 e. The summed E-state index contributed by atoms with van der Waals surface area (Å²) in [5.41, 5.74) is 0. The van der Waals surface area contributed by atoms with Crippen LogP contribution in [-0.4, -0.2) is 47.4 Å². The second-order valence-corrected chi connectivity index (χ2v) is 19.3. The van der Waals surface area contributed by atoms with E-state index in [2.05, 4.69) is 31.3 Å². The van der Waals surface area contributed by atoms with Crippen LogP contribution in [0.2, 0.25) is 0 Å². The van der Waals surface area contributed by atoms with E-state index in [-0.39, 0.29) is 18.5 Å². The number of nitrogens with one attached hydrogen (secondary N) is 1. The van der Waals surface area contributed by atoms with Gasteiger partial charge in [0.25, 0.3) is 0 Å². The fourth-order valence-corrected chi connectivity index (χ4v) is 8.63. The molecule has 0 fully saturated rings. The summed E-state index contributed by atoms with van der Waals surface area (Å²) in [7, 11) is 0. The number of esters is 1. The Balaban J connectivity index is 3.42. The number of allylic oxidation sites excluding steroid dienone is 3. The van der Waals surface area contributed by atoms with Gasteiger partial charge in [0.05, 0.1) is 25.4 Å². The number of unbranched alkanes of at least 4 members (excludes halogenated alkanes) is 39. The van der Waals surface area contributed by atoms with Gasteiger partial charge in [0.15, 0.2) is 0 Å². The maximum absolute atomic E-state index is 12.4. The van der Waals surface area contributed by atoms with Gasteiger partial charge in [-0.15, -0.1) is 0 Å². The number of aliphatic hydroxyl groups excluding tert-OH is 2.